The SMILES string of the molecule is Cc1cn(N)nc1C.Cl. The van der Waals surface area contributed by atoms with E-state index in [-0.39, 0.29) is 12.4 Å². The quantitative estimate of drug-likeness (QED) is 0.548. The second kappa shape index (κ2) is 2.73. The second-order valence-corrected chi connectivity index (χ2v) is 1.88. The molecule has 0 bridgehead atoms. The van der Waals surface area contributed by atoms with E-state index in [2.05, 4.69) is 5.10 Å². The van der Waals surface area contributed by atoms with Gasteiger partial charge in [-0.25, -0.2) is 0 Å². The first-order chi connectivity index (χ1) is 3.70. The van der Waals surface area contributed by atoms with Gasteiger partial charge in [-0.15, -0.1) is 12.4 Å². The van der Waals surface area contributed by atoms with Crippen molar-refractivity contribution in [3.05, 3.63) is 17.5 Å². The maximum atomic E-state index is 5.28. The van der Waals surface area contributed by atoms with Crippen molar-refractivity contribution in [1.29, 1.82) is 0 Å². The number of aryl methyl sites for hydroxylation is 2. The lowest BCUT2D eigenvalue weighted by Gasteiger charge is -1.81. The summed E-state index contributed by atoms with van der Waals surface area (Å²) in [6.07, 6.45) is 1.79. The topological polar surface area (TPSA) is 43.8 Å². The normalized spacial score (nSPS) is 8.67. The van der Waals surface area contributed by atoms with Gasteiger partial charge in [0.25, 0.3) is 0 Å². The van der Waals surface area contributed by atoms with Crippen LogP contribution in [0.3, 0.4) is 0 Å². The average Bonchev–Trinajstić information content (AvgIpc) is 1.85. The maximum absolute atomic E-state index is 5.28. The predicted octanol–water partition coefficient (Wildman–Crippen LogP) is 0.636. The smallest absolute Gasteiger partial charge is 0.0643 e. The van der Waals surface area contributed by atoms with Gasteiger partial charge in [-0.05, 0) is 19.4 Å². The molecular formula is C5H10ClN3. The van der Waals surface area contributed by atoms with E-state index in [1.165, 1.54) is 4.79 Å². The van der Waals surface area contributed by atoms with E-state index in [4.69, 9.17) is 5.84 Å². The van der Waals surface area contributed by atoms with Crippen LogP contribution in [0.4, 0.5) is 0 Å². The lowest BCUT2D eigenvalue weighted by atomic mass is 10.3. The van der Waals surface area contributed by atoms with Gasteiger partial charge in [0.1, 0.15) is 0 Å². The van der Waals surface area contributed by atoms with E-state index in [0.717, 1.165) is 11.3 Å². The molecule has 0 aliphatic heterocycles. The molecule has 0 amide bonds. The minimum absolute atomic E-state index is 0. The fourth-order valence-corrected chi connectivity index (χ4v) is 0.573. The van der Waals surface area contributed by atoms with E-state index in [0.29, 0.717) is 0 Å². The van der Waals surface area contributed by atoms with Gasteiger partial charge >= 0.3 is 0 Å². The van der Waals surface area contributed by atoms with Gasteiger partial charge in [-0.1, -0.05) is 0 Å². The number of nitrogens with zero attached hydrogens (tertiary/aromatic N) is 2. The summed E-state index contributed by atoms with van der Waals surface area (Å²) in [7, 11) is 0. The molecule has 4 heteroatoms. The van der Waals surface area contributed by atoms with Crippen molar-refractivity contribution in [3.8, 4) is 0 Å². The first-order valence-corrected chi connectivity index (χ1v) is 2.48. The highest BCUT2D eigenvalue weighted by Gasteiger charge is 1.93. The third kappa shape index (κ3) is 1.61. The molecule has 0 aliphatic carbocycles. The Labute approximate surface area is 60.2 Å². The van der Waals surface area contributed by atoms with Crippen LogP contribution >= 0.6 is 12.4 Å². The maximum Gasteiger partial charge on any atom is 0.0643 e. The van der Waals surface area contributed by atoms with Crippen LogP contribution in [0.5, 0.6) is 0 Å². The van der Waals surface area contributed by atoms with Crippen molar-refractivity contribution < 1.29 is 0 Å². The van der Waals surface area contributed by atoms with Crippen LogP contribution in [0.15, 0.2) is 6.20 Å². The van der Waals surface area contributed by atoms with Crippen molar-refractivity contribution in [2.45, 2.75) is 13.8 Å². The summed E-state index contributed by atoms with van der Waals surface area (Å²) in [6.45, 7) is 3.91. The molecule has 0 radical (unpaired) electrons. The van der Waals surface area contributed by atoms with E-state index in [1.54, 1.807) is 6.20 Å². The third-order valence-electron chi connectivity index (χ3n) is 1.16. The van der Waals surface area contributed by atoms with Crippen molar-refractivity contribution in [3.63, 3.8) is 0 Å². The van der Waals surface area contributed by atoms with Gasteiger partial charge in [-0.3, -0.25) is 0 Å². The Morgan fingerprint density at radius 2 is 2.11 bits per heavy atom. The molecular weight excluding hydrogens is 138 g/mol. The van der Waals surface area contributed by atoms with Crippen LogP contribution in [0, 0.1) is 13.8 Å². The van der Waals surface area contributed by atoms with Gasteiger partial charge in [0, 0.05) is 0 Å². The monoisotopic (exact) mass is 147 g/mol. The second-order valence-electron chi connectivity index (χ2n) is 1.88. The molecule has 1 aromatic heterocycles. The third-order valence-corrected chi connectivity index (χ3v) is 1.16. The number of halogens is 1. The first kappa shape index (κ1) is 8.30. The summed E-state index contributed by atoms with van der Waals surface area (Å²) in [5.74, 6) is 5.28. The van der Waals surface area contributed by atoms with Gasteiger partial charge in [0.15, 0.2) is 0 Å². The van der Waals surface area contributed by atoms with Crippen molar-refractivity contribution in [2.75, 3.05) is 5.84 Å². The van der Waals surface area contributed by atoms with Crippen LogP contribution in [-0.2, 0) is 0 Å². The predicted molar refractivity (Wildman–Crippen MR) is 39.1 cm³/mol. The molecule has 1 aromatic rings. The zero-order valence-corrected chi connectivity index (χ0v) is 6.27. The molecule has 0 saturated heterocycles. The Hall–Kier alpha value is -0.700. The van der Waals surface area contributed by atoms with Crippen LogP contribution in [0.25, 0.3) is 0 Å². The molecule has 0 atom stereocenters. The Morgan fingerprint density at radius 3 is 2.22 bits per heavy atom. The van der Waals surface area contributed by atoms with Crippen LogP contribution in [0.2, 0.25) is 0 Å². The van der Waals surface area contributed by atoms with Crippen LogP contribution < -0.4 is 5.84 Å². The van der Waals surface area contributed by atoms with Crippen LogP contribution in [-0.4, -0.2) is 9.89 Å². The number of nitrogen functional groups attached to an aromatic ring is 1. The summed E-state index contributed by atoms with van der Waals surface area (Å²) in [4.78, 5) is 1.32. The van der Waals surface area contributed by atoms with E-state index in [9.17, 15) is 0 Å². The number of nitrogens with two attached hydrogens (primary N) is 1. The van der Waals surface area contributed by atoms with Crippen molar-refractivity contribution >= 4 is 12.4 Å². The van der Waals surface area contributed by atoms with Crippen molar-refractivity contribution in [1.82, 2.24) is 9.89 Å². The fourth-order valence-electron chi connectivity index (χ4n) is 0.573. The summed E-state index contributed by atoms with van der Waals surface area (Å²) in [5.41, 5.74) is 2.13. The summed E-state index contributed by atoms with van der Waals surface area (Å²) in [6, 6.07) is 0. The minimum Gasteiger partial charge on any atom is -0.323 e. The summed E-state index contributed by atoms with van der Waals surface area (Å²) >= 11 is 0. The average molecular weight is 148 g/mol. The van der Waals surface area contributed by atoms with E-state index >= 15 is 0 Å². The summed E-state index contributed by atoms with van der Waals surface area (Å²) < 4.78 is 0. The summed E-state index contributed by atoms with van der Waals surface area (Å²) in [5, 5.41) is 3.91. The fraction of sp³-hybridized carbons (Fsp3) is 0.400. The van der Waals surface area contributed by atoms with Gasteiger partial charge < -0.3 is 5.84 Å². The molecule has 9 heavy (non-hydrogen) atoms. The molecule has 0 spiro atoms. The molecule has 2 N–H and O–H groups in total. The number of rotatable bonds is 0. The highest BCUT2D eigenvalue weighted by Crippen LogP contribution is 1.98. The molecule has 0 fully saturated rings. The molecule has 1 rings (SSSR count). The number of hydrogen-bond donors (Lipinski definition) is 1. The molecule has 0 aliphatic rings. The Morgan fingerprint density at radius 1 is 1.56 bits per heavy atom. The lowest BCUT2D eigenvalue weighted by molar-refractivity contribution is 0.817. The highest BCUT2D eigenvalue weighted by molar-refractivity contribution is 5.85. The molecule has 0 aromatic carbocycles. The van der Waals surface area contributed by atoms with Gasteiger partial charge in [-0.2, -0.15) is 9.89 Å². The molecule has 52 valence electrons. The van der Waals surface area contributed by atoms with Gasteiger partial charge in [0.05, 0.1) is 11.9 Å². The minimum atomic E-state index is 0. The van der Waals surface area contributed by atoms with E-state index in [1.807, 2.05) is 13.8 Å². The molecule has 3 nitrogen and oxygen atoms in total. The Bertz CT molecular complexity index is 175. The number of hydrogen-bond acceptors (Lipinski definition) is 2. The first-order valence-electron chi connectivity index (χ1n) is 2.48. The van der Waals surface area contributed by atoms with Crippen molar-refractivity contribution in [2.24, 2.45) is 0 Å². The van der Waals surface area contributed by atoms with Gasteiger partial charge in [0.2, 0.25) is 0 Å². The lowest BCUT2D eigenvalue weighted by Crippen LogP contribution is -2.07. The zero-order valence-electron chi connectivity index (χ0n) is 5.46. The Kier molecular flexibility index (Phi) is 2.52. The standard InChI is InChI=1S/C5H9N3.ClH/c1-4-3-8(6)7-5(4)2;/h3H,6H2,1-2H3;1H. The Balaban J connectivity index is 0.000000640. The molecule has 0 unspecified atom stereocenters. The number of aromatic nitrogens is 2. The highest BCUT2D eigenvalue weighted by atomic mass is 35.5. The zero-order chi connectivity index (χ0) is 6.15. The molecule has 1 heterocycles. The van der Waals surface area contributed by atoms with E-state index < -0.39 is 0 Å². The molecule has 0 saturated carbocycles. The largest absolute Gasteiger partial charge is 0.323 e. The van der Waals surface area contributed by atoms with Crippen LogP contribution in [0.1, 0.15) is 11.3 Å².